The Morgan fingerprint density at radius 2 is 1.75 bits per heavy atom. The highest BCUT2D eigenvalue weighted by Crippen LogP contribution is 2.25. The van der Waals surface area contributed by atoms with E-state index in [1.54, 1.807) is 17.3 Å². The largest absolute Gasteiger partial charge is 0.378 e. The minimum Gasteiger partial charge on any atom is -0.378 e. The lowest BCUT2D eigenvalue weighted by molar-refractivity contribution is -0.122. The van der Waals surface area contributed by atoms with Crippen LogP contribution in [0.2, 0.25) is 0 Å². The third kappa shape index (κ3) is 7.26. The Hall–Kier alpha value is -3.74. The van der Waals surface area contributed by atoms with Crippen molar-refractivity contribution in [3.05, 3.63) is 66.1 Å². The summed E-state index contributed by atoms with van der Waals surface area (Å²) < 4.78 is 5.45. The minimum atomic E-state index is -0.126. The van der Waals surface area contributed by atoms with Gasteiger partial charge in [-0.2, -0.15) is 0 Å². The van der Waals surface area contributed by atoms with Gasteiger partial charge in [0.05, 0.1) is 32.0 Å². The van der Waals surface area contributed by atoms with Crippen molar-refractivity contribution in [2.45, 2.75) is 11.7 Å². The van der Waals surface area contributed by atoms with Crippen molar-refractivity contribution < 1.29 is 14.3 Å². The number of benzene rings is 1. The summed E-state index contributed by atoms with van der Waals surface area (Å²) in [5.74, 6) is 0.303. The molecule has 2 aromatic heterocycles. The summed E-state index contributed by atoms with van der Waals surface area (Å²) in [6.45, 7) is 6.15. The summed E-state index contributed by atoms with van der Waals surface area (Å²) in [5, 5.41) is 6.84. The van der Waals surface area contributed by atoms with E-state index in [2.05, 4.69) is 47.5 Å². The zero-order valence-electron chi connectivity index (χ0n) is 22.6. The van der Waals surface area contributed by atoms with Crippen molar-refractivity contribution in [1.82, 2.24) is 30.1 Å². The van der Waals surface area contributed by atoms with Crippen molar-refractivity contribution >= 4 is 40.8 Å². The van der Waals surface area contributed by atoms with Crippen molar-refractivity contribution in [3.8, 4) is 0 Å². The van der Waals surface area contributed by atoms with E-state index in [0.29, 0.717) is 49.3 Å². The molecule has 0 bridgehead atoms. The predicted molar refractivity (Wildman–Crippen MR) is 155 cm³/mol. The first kappa shape index (κ1) is 27.8. The van der Waals surface area contributed by atoms with Crippen LogP contribution >= 0.6 is 11.8 Å². The topological polar surface area (TPSA) is 116 Å². The number of morpholine rings is 1. The van der Waals surface area contributed by atoms with Crippen molar-refractivity contribution in [2.24, 2.45) is 0 Å². The van der Waals surface area contributed by atoms with E-state index in [4.69, 9.17) is 4.74 Å². The van der Waals surface area contributed by atoms with Gasteiger partial charge in [-0.05, 0) is 42.7 Å². The average Bonchev–Trinajstić information content (AvgIpc) is 3.01. The van der Waals surface area contributed by atoms with Crippen LogP contribution in [0.5, 0.6) is 0 Å². The highest BCUT2D eigenvalue weighted by Gasteiger charge is 2.26. The van der Waals surface area contributed by atoms with Crippen LogP contribution in [-0.2, 0) is 16.1 Å². The van der Waals surface area contributed by atoms with Crippen LogP contribution in [0, 0.1) is 0 Å². The van der Waals surface area contributed by atoms with Gasteiger partial charge in [0.1, 0.15) is 11.4 Å². The maximum Gasteiger partial charge on any atom is 0.259 e. The van der Waals surface area contributed by atoms with Gasteiger partial charge in [0.2, 0.25) is 5.91 Å². The van der Waals surface area contributed by atoms with E-state index in [1.165, 1.54) is 11.8 Å². The molecule has 2 aliphatic rings. The lowest BCUT2D eigenvalue weighted by atomic mass is 10.2. The van der Waals surface area contributed by atoms with Gasteiger partial charge >= 0.3 is 0 Å². The molecule has 0 spiro atoms. The molecule has 40 heavy (non-hydrogen) atoms. The van der Waals surface area contributed by atoms with Crippen LogP contribution in [-0.4, -0.2) is 102 Å². The minimum absolute atomic E-state index is 0.0578. The number of hydrogen-bond donors (Lipinski definition) is 2. The molecule has 1 aromatic carbocycles. The van der Waals surface area contributed by atoms with E-state index in [0.717, 1.165) is 43.4 Å². The molecule has 0 unspecified atom stereocenters. The van der Waals surface area contributed by atoms with Crippen LogP contribution in [0.4, 0.5) is 17.2 Å². The number of nitrogens with one attached hydrogen (secondary N) is 2. The summed E-state index contributed by atoms with van der Waals surface area (Å²) >= 11 is 1.43. The fourth-order valence-corrected chi connectivity index (χ4v) is 5.00. The van der Waals surface area contributed by atoms with E-state index in [-0.39, 0.29) is 18.4 Å². The maximum absolute atomic E-state index is 13.5. The fraction of sp³-hybridized carbons (Fsp3) is 0.393. The Kier molecular flexibility index (Phi) is 9.42. The smallest absolute Gasteiger partial charge is 0.259 e. The average molecular weight is 563 g/mol. The Bertz CT molecular complexity index is 1280. The summed E-state index contributed by atoms with van der Waals surface area (Å²) in [4.78, 5) is 45.3. The maximum atomic E-state index is 13.5. The fourth-order valence-electron chi connectivity index (χ4n) is 4.66. The molecular formula is C28H34N8O3S. The highest BCUT2D eigenvalue weighted by molar-refractivity contribution is 7.98. The second-order valence-corrected chi connectivity index (χ2v) is 10.3. The molecule has 210 valence electrons. The molecule has 0 aliphatic carbocycles. The Morgan fingerprint density at radius 3 is 2.45 bits per heavy atom. The number of nitrogens with zero attached hydrogens (tertiary/aromatic N) is 6. The third-order valence-corrected chi connectivity index (χ3v) is 7.47. The third-order valence-electron chi connectivity index (χ3n) is 6.91. The van der Waals surface area contributed by atoms with Crippen molar-refractivity contribution in [1.29, 1.82) is 0 Å². The van der Waals surface area contributed by atoms with E-state index < -0.39 is 0 Å². The summed E-state index contributed by atoms with van der Waals surface area (Å²) in [6.07, 6.45) is 5.22. The van der Waals surface area contributed by atoms with Gasteiger partial charge in [-0.3, -0.25) is 19.5 Å². The summed E-state index contributed by atoms with van der Waals surface area (Å²) in [5.41, 5.74) is 3.23. The van der Waals surface area contributed by atoms with Crippen LogP contribution < -0.4 is 15.5 Å². The number of ether oxygens (including phenoxy) is 1. The Balaban J connectivity index is 1.18. The van der Waals surface area contributed by atoms with E-state index >= 15 is 0 Å². The second kappa shape index (κ2) is 13.6. The van der Waals surface area contributed by atoms with Crippen LogP contribution in [0.1, 0.15) is 16.1 Å². The first-order valence-electron chi connectivity index (χ1n) is 13.4. The van der Waals surface area contributed by atoms with Crippen LogP contribution in [0.3, 0.4) is 0 Å². The van der Waals surface area contributed by atoms with Crippen molar-refractivity contribution in [2.75, 3.05) is 75.5 Å². The normalized spacial score (nSPS) is 16.0. The number of pyridine rings is 1. The number of piperazine rings is 1. The molecular weight excluding hydrogens is 528 g/mol. The highest BCUT2D eigenvalue weighted by atomic mass is 32.2. The SMILES string of the molecule is CSc1ncc(C(=O)N2CCN(CC(=O)NCc3ccccn3)CC2)c(Nc2ccc(N3CCOCC3)cc2)n1. The molecule has 11 nitrogen and oxygen atoms in total. The quantitative estimate of drug-likeness (QED) is 0.297. The van der Waals surface area contributed by atoms with Crippen LogP contribution in [0.25, 0.3) is 0 Å². The number of carbonyl (C=O) groups is 2. The van der Waals surface area contributed by atoms with Gasteiger partial charge < -0.3 is 25.2 Å². The van der Waals surface area contributed by atoms with Crippen LogP contribution in [0.15, 0.2) is 60.0 Å². The first-order valence-corrected chi connectivity index (χ1v) is 14.6. The molecule has 2 fully saturated rings. The van der Waals surface area contributed by atoms with Gasteiger partial charge in [0, 0.05) is 63.0 Å². The number of aromatic nitrogens is 3. The van der Waals surface area contributed by atoms with Crippen molar-refractivity contribution in [3.63, 3.8) is 0 Å². The number of amides is 2. The van der Waals surface area contributed by atoms with E-state index in [9.17, 15) is 9.59 Å². The molecule has 4 heterocycles. The predicted octanol–water partition coefficient (Wildman–Crippen LogP) is 2.25. The molecule has 3 aromatic rings. The molecule has 5 rings (SSSR count). The zero-order chi connectivity index (χ0) is 27.7. The number of thioether (sulfide) groups is 1. The van der Waals surface area contributed by atoms with Gasteiger partial charge in [-0.15, -0.1) is 0 Å². The van der Waals surface area contributed by atoms with Gasteiger partial charge in [0.15, 0.2) is 5.16 Å². The summed E-state index contributed by atoms with van der Waals surface area (Å²) in [6, 6.07) is 13.7. The van der Waals surface area contributed by atoms with Gasteiger partial charge in [0.25, 0.3) is 5.91 Å². The number of hydrogen-bond acceptors (Lipinski definition) is 10. The molecule has 2 saturated heterocycles. The molecule has 2 aliphatic heterocycles. The molecule has 0 radical (unpaired) electrons. The van der Waals surface area contributed by atoms with Gasteiger partial charge in [-0.1, -0.05) is 17.8 Å². The first-order chi connectivity index (χ1) is 19.6. The molecule has 2 N–H and O–H groups in total. The molecule has 0 atom stereocenters. The number of carbonyl (C=O) groups excluding carboxylic acids is 2. The molecule has 12 heteroatoms. The standard InChI is InChI=1S/C28H34N8O3S/c1-40-28-31-19-24(26(33-28)32-21-5-7-23(8-6-21)35-14-16-39-17-15-35)27(38)36-12-10-34(11-13-36)20-25(37)30-18-22-4-2-3-9-29-22/h2-9,19H,10-18,20H2,1H3,(H,30,37)(H,31,32,33). The number of rotatable bonds is 9. The number of anilines is 3. The zero-order valence-corrected chi connectivity index (χ0v) is 23.4. The Morgan fingerprint density at radius 1 is 0.975 bits per heavy atom. The Labute approximate surface area is 238 Å². The lowest BCUT2D eigenvalue weighted by Gasteiger charge is -2.34. The van der Waals surface area contributed by atoms with E-state index in [1.807, 2.05) is 36.6 Å². The summed E-state index contributed by atoms with van der Waals surface area (Å²) in [7, 11) is 0. The lowest BCUT2D eigenvalue weighted by Crippen LogP contribution is -2.51. The molecule has 0 saturated carbocycles. The monoisotopic (exact) mass is 562 g/mol. The second-order valence-electron chi connectivity index (χ2n) is 9.56. The van der Waals surface area contributed by atoms with Gasteiger partial charge in [-0.25, -0.2) is 9.97 Å². The molecule has 2 amide bonds.